The van der Waals surface area contributed by atoms with Crippen molar-refractivity contribution in [2.24, 2.45) is 10.7 Å². The zero-order chi connectivity index (χ0) is 15.1. The van der Waals surface area contributed by atoms with Gasteiger partial charge < -0.3 is 20.3 Å². The Morgan fingerprint density at radius 3 is 2.52 bits per heavy atom. The van der Waals surface area contributed by atoms with Crippen LogP contribution in [0.4, 0.5) is 10.1 Å². The third-order valence-electron chi connectivity index (χ3n) is 3.51. The second kappa shape index (κ2) is 7.83. The first-order valence-electron chi connectivity index (χ1n) is 7.34. The van der Waals surface area contributed by atoms with Gasteiger partial charge >= 0.3 is 0 Å². The highest BCUT2D eigenvalue weighted by molar-refractivity contribution is 5.78. The van der Waals surface area contributed by atoms with Crippen molar-refractivity contribution in [3.05, 3.63) is 30.1 Å². The van der Waals surface area contributed by atoms with Crippen LogP contribution in [0.5, 0.6) is 0 Å². The normalized spacial score (nSPS) is 16.4. The number of halogens is 1. The minimum atomic E-state index is -0.205. The number of guanidine groups is 1. The van der Waals surface area contributed by atoms with E-state index in [9.17, 15) is 4.39 Å². The third kappa shape index (κ3) is 4.60. The Kier molecular flexibility index (Phi) is 5.80. The smallest absolute Gasteiger partial charge is 0.191 e. The van der Waals surface area contributed by atoms with Crippen LogP contribution in [0.1, 0.15) is 6.92 Å². The van der Waals surface area contributed by atoms with Crippen LogP contribution in [-0.2, 0) is 4.74 Å². The summed E-state index contributed by atoms with van der Waals surface area (Å²) in [6, 6.07) is 6.60. The molecule has 0 unspecified atom stereocenters. The largest absolute Gasteiger partial charge is 0.380 e. The molecule has 0 saturated carbocycles. The summed E-state index contributed by atoms with van der Waals surface area (Å²) in [4.78, 5) is 8.62. The van der Waals surface area contributed by atoms with Crippen molar-refractivity contribution in [3.8, 4) is 0 Å². The first-order valence-corrected chi connectivity index (χ1v) is 7.34. The fraction of sp³-hybridized carbons (Fsp3) is 0.533. The molecule has 0 atom stereocenters. The van der Waals surface area contributed by atoms with E-state index in [0.717, 1.165) is 31.9 Å². The van der Waals surface area contributed by atoms with Crippen LogP contribution in [0.25, 0.3) is 0 Å². The van der Waals surface area contributed by atoms with E-state index < -0.39 is 0 Å². The number of benzene rings is 1. The zero-order valence-electron chi connectivity index (χ0n) is 12.5. The van der Waals surface area contributed by atoms with Crippen molar-refractivity contribution in [1.29, 1.82) is 0 Å². The standard InChI is InChI=1S/C15H23FN4O/c1-2-21-12-7-18-15(17)20-10-8-19(9-11-20)14-5-3-13(16)4-6-14/h3-6H,2,7-12H2,1H3,(H2,17,18). The maximum atomic E-state index is 12.9. The lowest BCUT2D eigenvalue weighted by Crippen LogP contribution is -2.51. The molecule has 1 aromatic carbocycles. The Balaban J connectivity index is 1.81. The van der Waals surface area contributed by atoms with E-state index in [-0.39, 0.29) is 5.82 Å². The molecule has 1 heterocycles. The molecule has 1 aliphatic heterocycles. The van der Waals surface area contributed by atoms with Gasteiger partial charge in [0.05, 0.1) is 13.2 Å². The molecule has 6 heteroatoms. The summed E-state index contributed by atoms with van der Waals surface area (Å²) in [5, 5.41) is 0. The Morgan fingerprint density at radius 1 is 1.24 bits per heavy atom. The second-order valence-corrected chi connectivity index (χ2v) is 4.89. The molecule has 1 fully saturated rings. The van der Waals surface area contributed by atoms with Crippen molar-refractivity contribution < 1.29 is 9.13 Å². The van der Waals surface area contributed by atoms with Crippen LogP contribution in [0.2, 0.25) is 0 Å². The summed E-state index contributed by atoms with van der Waals surface area (Å²) in [5.41, 5.74) is 7.03. The molecular formula is C15H23FN4O. The number of aliphatic imine (C=N–C) groups is 1. The minimum Gasteiger partial charge on any atom is -0.380 e. The van der Waals surface area contributed by atoms with Crippen LogP contribution in [0.15, 0.2) is 29.3 Å². The van der Waals surface area contributed by atoms with E-state index in [2.05, 4.69) is 14.8 Å². The summed E-state index contributed by atoms with van der Waals surface area (Å²) in [7, 11) is 0. The summed E-state index contributed by atoms with van der Waals surface area (Å²) < 4.78 is 18.2. The fourth-order valence-electron chi connectivity index (χ4n) is 2.31. The van der Waals surface area contributed by atoms with Gasteiger partial charge in [0, 0.05) is 38.5 Å². The van der Waals surface area contributed by atoms with Gasteiger partial charge in [-0.2, -0.15) is 0 Å². The molecule has 0 radical (unpaired) electrons. The molecule has 5 nitrogen and oxygen atoms in total. The SMILES string of the molecule is CCOCCN=C(N)N1CCN(c2ccc(F)cc2)CC1. The van der Waals surface area contributed by atoms with E-state index in [1.807, 2.05) is 19.1 Å². The summed E-state index contributed by atoms with van der Waals surface area (Å²) in [6.07, 6.45) is 0. The van der Waals surface area contributed by atoms with E-state index in [1.54, 1.807) is 0 Å². The third-order valence-corrected chi connectivity index (χ3v) is 3.51. The Bertz CT molecular complexity index is 455. The number of rotatable bonds is 5. The first-order chi connectivity index (χ1) is 10.2. The number of ether oxygens (including phenoxy) is 1. The van der Waals surface area contributed by atoms with Gasteiger partial charge in [-0.15, -0.1) is 0 Å². The van der Waals surface area contributed by atoms with Gasteiger partial charge in [0.1, 0.15) is 5.82 Å². The van der Waals surface area contributed by atoms with Crippen LogP contribution < -0.4 is 10.6 Å². The highest BCUT2D eigenvalue weighted by Crippen LogP contribution is 2.16. The predicted molar refractivity (Wildman–Crippen MR) is 83.2 cm³/mol. The van der Waals surface area contributed by atoms with Gasteiger partial charge in [-0.05, 0) is 31.2 Å². The topological polar surface area (TPSA) is 54.1 Å². The molecule has 0 amide bonds. The van der Waals surface area contributed by atoms with E-state index in [4.69, 9.17) is 10.5 Å². The molecule has 116 valence electrons. The van der Waals surface area contributed by atoms with Crippen LogP contribution >= 0.6 is 0 Å². The molecule has 21 heavy (non-hydrogen) atoms. The predicted octanol–water partition coefficient (Wildman–Crippen LogP) is 1.30. The molecule has 1 aliphatic rings. The minimum absolute atomic E-state index is 0.205. The molecule has 0 spiro atoms. The average Bonchev–Trinajstić information content (AvgIpc) is 2.52. The Hall–Kier alpha value is -1.82. The lowest BCUT2D eigenvalue weighted by Gasteiger charge is -2.36. The second-order valence-electron chi connectivity index (χ2n) is 4.89. The van der Waals surface area contributed by atoms with Crippen molar-refractivity contribution in [2.45, 2.75) is 6.92 Å². The average molecular weight is 294 g/mol. The maximum Gasteiger partial charge on any atom is 0.191 e. The molecule has 0 aliphatic carbocycles. The van der Waals surface area contributed by atoms with Crippen LogP contribution in [0, 0.1) is 5.82 Å². The van der Waals surface area contributed by atoms with Gasteiger partial charge in [-0.25, -0.2) is 4.39 Å². The summed E-state index contributed by atoms with van der Waals surface area (Å²) in [5.74, 6) is 0.372. The Morgan fingerprint density at radius 2 is 1.90 bits per heavy atom. The van der Waals surface area contributed by atoms with Crippen molar-refractivity contribution in [3.63, 3.8) is 0 Å². The highest BCUT2D eigenvalue weighted by Gasteiger charge is 2.18. The first kappa shape index (κ1) is 15.6. The molecule has 2 rings (SSSR count). The van der Waals surface area contributed by atoms with Gasteiger partial charge in [-0.1, -0.05) is 0 Å². The van der Waals surface area contributed by atoms with Crippen LogP contribution in [0.3, 0.4) is 0 Å². The van der Waals surface area contributed by atoms with Gasteiger partial charge in [0.15, 0.2) is 5.96 Å². The zero-order valence-corrected chi connectivity index (χ0v) is 12.5. The monoisotopic (exact) mass is 294 g/mol. The van der Waals surface area contributed by atoms with E-state index >= 15 is 0 Å². The number of hydrogen-bond donors (Lipinski definition) is 1. The molecular weight excluding hydrogens is 271 g/mol. The number of anilines is 1. The molecule has 1 saturated heterocycles. The van der Waals surface area contributed by atoms with Crippen molar-refractivity contribution >= 4 is 11.6 Å². The summed E-state index contributed by atoms with van der Waals surface area (Å²) in [6.45, 7) is 7.21. The maximum absolute atomic E-state index is 12.9. The number of hydrogen-bond acceptors (Lipinski definition) is 3. The molecule has 0 bridgehead atoms. The van der Waals surface area contributed by atoms with E-state index in [0.29, 0.717) is 25.7 Å². The van der Waals surface area contributed by atoms with Crippen molar-refractivity contribution in [1.82, 2.24) is 4.90 Å². The van der Waals surface area contributed by atoms with Gasteiger partial charge in [0.25, 0.3) is 0 Å². The quantitative estimate of drug-likeness (QED) is 0.505. The van der Waals surface area contributed by atoms with Gasteiger partial charge in [0.2, 0.25) is 0 Å². The molecule has 1 aromatic rings. The van der Waals surface area contributed by atoms with Gasteiger partial charge in [-0.3, -0.25) is 4.99 Å². The van der Waals surface area contributed by atoms with Crippen molar-refractivity contribution in [2.75, 3.05) is 50.8 Å². The Labute approximate surface area is 125 Å². The molecule has 0 aromatic heterocycles. The lowest BCUT2D eigenvalue weighted by molar-refractivity contribution is 0.155. The number of piperazine rings is 1. The van der Waals surface area contributed by atoms with E-state index in [1.165, 1.54) is 12.1 Å². The number of nitrogens with two attached hydrogens (primary N) is 1. The molecule has 2 N–H and O–H groups in total. The fourth-order valence-corrected chi connectivity index (χ4v) is 2.31. The number of nitrogens with zero attached hydrogens (tertiary/aromatic N) is 3. The lowest BCUT2D eigenvalue weighted by atomic mass is 10.2. The highest BCUT2D eigenvalue weighted by atomic mass is 19.1. The summed E-state index contributed by atoms with van der Waals surface area (Å²) >= 11 is 0. The van der Waals surface area contributed by atoms with Crippen LogP contribution in [-0.4, -0.2) is 56.8 Å².